The lowest BCUT2D eigenvalue weighted by Crippen LogP contribution is -2.26. The van der Waals surface area contributed by atoms with Crippen LogP contribution >= 0.6 is 0 Å². The van der Waals surface area contributed by atoms with Gasteiger partial charge in [0.1, 0.15) is 0 Å². The molecule has 0 fully saturated rings. The van der Waals surface area contributed by atoms with Gasteiger partial charge in [0, 0.05) is 32.2 Å². The predicted octanol–water partition coefficient (Wildman–Crippen LogP) is 1.74. The molecule has 1 rings (SSSR count). The van der Waals surface area contributed by atoms with Crippen molar-refractivity contribution in [3.8, 4) is 0 Å². The molecule has 5 heteroatoms. The Morgan fingerprint density at radius 2 is 1.76 bits per heavy atom. The molecule has 0 aliphatic heterocycles. The normalized spacial score (nSPS) is 10.1. The molecular formula is C16H24N2O3. The van der Waals surface area contributed by atoms with Crippen molar-refractivity contribution < 1.29 is 14.3 Å². The molecule has 0 spiro atoms. The third kappa shape index (κ3) is 8.09. The van der Waals surface area contributed by atoms with Crippen molar-refractivity contribution in [1.82, 2.24) is 10.6 Å². The first-order valence-corrected chi connectivity index (χ1v) is 7.33. The van der Waals surface area contributed by atoms with Gasteiger partial charge < -0.3 is 15.4 Å². The predicted molar refractivity (Wildman–Crippen MR) is 82.1 cm³/mol. The van der Waals surface area contributed by atoms with E-state index in [1.807, 2.05) is 18.2 Å². The van der Waals surface area contributed by atoms with Gasteiger partial charge in [0.2, 0.25) is 5.91 Å². The number of unbranched alkanes of at least 4 members (excludes halogenated alkanes) is 2. The molecule has 0 atom stereocenters. The number of benzene rings is 1. The van der Waals surface area contributed by atoms with E-state index >= 15 is 0 Å². The summed E-state index contributed by atoms with van der Waals surface area (Å²) >= 11 is 0. The summed E-state index contributed by atoms with van der Waals surface area (Å²) in [6.45, 7) is 1.73. The van der Waals surface area contributed by atoms with Crippen LogP contribution in [0.3, 0.4) is 0 Å². The summed E-state index contributed by atoms with van der Waals surface area (Å²) in [6, 6.07) is 9.15. The summed E-state index contributed by atoms with van der Waals surface area (Å²) in [5.41, 5.74) is 0.676. The smallest absolute Gasteiger partial charge is 0.251 e. The Balaban J connectivity index is 2.00. The molecule has 0 heterocycles. The number of carbonyl (C=O) groups excluding carboxylic acids is 2. The molecule has 0 saturated carbocycles. The van der Waals surface area contributed by atoms with E-state index in [-0.39, 0.29) is 11.8 Å². The van der Waals surface area contributed by atoms with Gasteiger partial charge in [0.05, 0.1) is 6.61 Å². The minimum atomic E-state index is -0.0482. The van der Waals surface area contributed by atoms with Gasteiger partial charge in [-0.2, -0.15) is 0 Å². The van der Waals surface area contributed by atoms with E-state index in [9.17, 15) is 9.59 Å². The summed E-state index contributed by atoms with van der Waals surface area (Å²) in [5, 5.41) is 5.65. The summed E-state index contributed by atoms with van der Waals surface area (Å²) in [7, 11) is 1.61. The van der Waals surface area contributed by atoms with E-state index in [1.54, 1.807) is 19.2 Å². The summed E-state index contributed by atoms with van der Waals surface area (Å²) < 4.78 is 4.85. The highest BCUT2D eigenvalue weighted by Crippen LogP contribution is 2.01. The Bertz CT molecular complexity index is 421. The standard InChI is InChI=1S/C16H24N2O3/c1-21-13-12-17-15(19)10-6-3-7-11-18-16(20)14-8-4-2-5-9-14/h2,4-5,8-9H,3,6-7,10-13H2,1H3,(H,17,19)(H,18,20). The van der Waals surface area contributed by atoms with Gasteiger partial charge in [0.25, 0.3) is 5.91 Å². The van der Waals surface area contributed by atoms with Crippen LogP contribution in [0.1, 0.15) is 36.0 Å². The minimum absolute atomic E-state index is 0.0482. The maximum atomic E-state index is 11.7. The lowest BCUT2D eigenvalue weighted by Gasteiger charge is -2.06. The number of carbonyl (C=O) groups is 2. The van der Waals surface area contributed by atoms with Crippen LogP contribution in [0.5, 0.6) is 0 Å². The molecule has 21 heavy (non-hydrogen) atoms. The third-order valence-electron chi connectivity index (χ3n) is 3.03. The lowest BCUT2D eigenvalue weighted by molar-refractivity contribution is -0.121. The first kappa shape index (κ1) is 17.2. The molecule has 0 radical (unpaired) electrons. The minimum Gasteiger partial charge on any atom is -0.383 e. The Morgan fingerprint density at radius 3 is 2.48 bits per heavy atom. The number of hydrogen-bond acceptors (Lipinski definition) is 3. The zero-order valence-electron chi connectivity index (χ0n) is 12.6. The Labute approximate surface area is 126 Å². The van der Waals surface area contributed by atoms with Crippen molar-refractivity contribution in [1.29, 1.82) is 0 Å². The molecule has 1 aromatic carbocycles. The summed E-state index contributed by atoms with van der Waals surface area (Å²) in [5.74, 6) is 0.00767. The largest absolute Gasteiger partial charge is 0.383 e. The second-order valence-electron chi connectivity index (χ2n) is 4.78. The van der Waals surface area contributed by atoms with Crippen LogP contribution in [0.25, 0.3) is 0 Å². The summed E-state index contributed by atoms with van der Waals surface area (Å²) in [4.78, 5) is 23.2. The first-order chi connectivity index (χ1) is 10.2. The van der Waals surface area contributed by atoms with Crippen molar-refractivity contribution in [2.45, 2.75) is 25.7 Å². The molecule has 0 aliphatic rings. The van der Waals surface area contributed by atoms with E-state index in [2.05, 4.69) is 10.6 Å². The van der Waals surface area contributed by atoms with Crippen LogP contribution in [0.4, 0.5) is 0 Å². The molecule has 2 amide bonds. The average molecular weight is 292 g/mol. The highest BCUT2D eigenvalue weighted by atomic mass is 16.5. The average Bonchev–Trinajstić information content (AvgIpc) is 2.51. The molecule has 116 valence electrons. The Hall–Kier alpha value is -1.88. The van der Waals surface area contributed by atoms with E-state index in [0.29, 0.717) is 31.7 Å². The quantitative estimate of drug-likeness (QED) is 0.645. The molecular weight excluding hydrogens is 268 g/mol. The molecule has 0 unspecified atom stereocenters. The highest BCUT2D eigenvalue weighted by Gasteiger charge is 2.03. The molecule has 0 aromatic heterocycles. The van der Waals surface area contributed by atoms with E-state index in [4.69, 9.17) is 4.74 Å². The molecule has 2 N–H and O–H groups in total. The fourth-order valence-electron chi connectivity index (χ4n) is 1.86. The van der Waals surface area contributed by atoms with Gasteiger partial charge in [-0.1, -0.05) is 24.6 Å². The monoisotopic (exact) mass is 292 g/mol. The topological polar surface area (TPSA) is 67.4 Å². The van der Waals surface area contributed by atoms with Crippen molar-refractivity contribution in [3.63, 3.8) is 0 Å². The number of methoxy groups -OCH3 is 1. The van der Waals surface area contributed by atoms with Gasteiger partial charge in [-0.15, -0.1) is 0 Å². The zero-order chi connectivity index (χ0) is 15.3. The van der Waals surface area contributed by atoms with Gasteiger partial charge in [-0.3, -0.25) is 9.59 Å². The highest BCUT2D eigenvalue weighted by molar-refractivity contribution is 5.94. The number of ether oxygens (including phenoxy) is 1. The second-order valence-corrected chi connectivity index (χ2v) is 4.78. The molecule has 1 aromatic rings. The van der Waals surface area contributed by atoms with Crippen LogP contribution in [0, 0.1) is 0 Å². The number of hydrogen-bond donors (Lipinski definition) is 2. The zero-order valence-corrected chi connectivity index (χ0v) is 12.6. The van der Waals surface area contributed by atoms with E-state index < -0.39 is 0 Å². The molecule has 0 bridgehead atoms. The molecule has 0 aliphatic carbocycles. The van der Waals surface area contributed by atoms with Gasteiger partial charge in [-0.25, -0.2) is 0 Å². The molecule has 5 nitrogen and oxygen atoms in total. The second kappa shape index (κ2) is 10.9. The number of amides is 2. The molecule has 0 saturated heterocycles. The van der Waals surface area contributed by atoms with Gasteiger partial charge >= 0.3 is 0 Å². The van der Waals surface area contributed by atoms with E-state index in [1.165, 1.54) is 0 Å². The van der Waals surface area contributed by atoms with Crippen LogP contribution in [0.15, 0.2) is 30.3 Å². The summed E-state index contributed by atoms with van der Waals surface area (Å²) in [6.07, 6.45) is 3.16. The van der Waals surface area contributed by atoms with Crippen LogP contribution < -0.4 is 10.6 Å². The maximum Gasteiger partial charge on any atom is 0.251 e. The lowest BCUT2D eigenvalue weighted by atomic mass is 10.1. The SMILES string of the molecule is COCCNC(=O)CCCCCNC(=O)c1ccccc1. The number of rotatable bonds is 10. The Kier molecular flexibility index (Phi) is 8.88. The van der Waals surface area contributed by atoms with Crippen molar-refractivity contribution in [2.75, 3.05) is 26.8 Å². The fourth-order valence-corrected chi connectivity index (χ4v) is 1.86. The van der Waals surface area contributed by atoms with Crippen molar-refractivity contribution in [3.05, 3.63) is 35.9 Å². The van der Waals surface area contributed by atoms with Gasteiger partial charge in [0.15, 0.2) is 0 Å². The van der Waals surface area contributed by atoms with Crippen LogP contribution in [-0.2, 0) is 9.53 Å². The maximum absolute atomic E-state index is 11.7. The first-order valence-electron chi connectivity index (χ1n) is 7.33. The van der Waals surface area contributed by atoms with E-state index in [0.717, 1.165) is 19.3 Å². The van der Waals surface area contributed by atoms with Crippen LogP contribution in [-0.4, -0.2) is 38.6 Å². The van der Waals surface area contributed by atoms with Crippen LogP contribution in [0.2, 0.25) is 0 Å². The number of nitrogens with one attached hydrogen (secondary N) is 2. The Morgan fingerprint density at radius 1 is 1.00 bits per heavy atom. The van der Waals surface area contributed by atoms with Crippen molar-refractivity contribution >= 4 is 11.8 Å². The van der Waals surface area contributed by atoms with Crippen molar-refractivity contribution in [2.24, 2.45) is 0 Å². The van der Waals surface area contributed by atoms with Gasteiger partial charge in [-0.05, 0) is 25.0 Å². The fraction of sp³-hybridized carbons (Fsp3) is 0.500. The third-order valence-corrected chi connectivity index (χ3v) is 3.03.